The summed E-state index contributed by atoms with van der Waals surface area (Å²) in [4.78, 5) is 39.4. The zero-order valence-corrected chi connectivity index (χ0v) is 22.5. The molecule has 1 aliphatic heterocycles. The van der Waals surface area contributed by atoms with Crippen LogP contribution in [-0.4, -0.2) is 42.3 Å². The lowest BCUT2D eigenvalue weighted by Crippen LogP contribution is -2.32. The molecule has 2 amide bonds. The number of benzene rings is 3. The van der Waals surface area contributed by atoms with E-state index in [2.05, 4.69) is 0 Å². The zero-order chi connectivity index (χ0) is 25.7. The number of imide groups is 1. The summed E-state index contributed by atoms with van der Waals surface area (Å²) < 4.78 is 17.3. The minimum Gasteiger partial charge on any atom is -0.493 e. The molecule has 1 fully saturated rings. The van der Waals surface area contributed by atoms with Crippen molar-refractivity contribution in [2.24, 2.45) is 0 Å². The summed E-state index contributed by atoms with van der Waals surface area (Å²) in [6.07, 6.45) is 1.62. The molecule has 1 heterocycles. The molecule has 0 unspecified atom stereocenters. The van der Waals surface area contributed by atoms with E-state index < -0.39 is 5.97 Å². The van der Waals surface area contributed by atoms with Crippen molar-refractivity contribution in [2.45, 2.75) is 6.92 Å². The third-order valence-electron chi connectivity index (χ3n) is 5.23. The molecule has 0 N–H and O–H groups in total. The topological polar surface area (TPSA) is 82.1 Å². The van der Waals surface area contributed by atoms with Crippen molar-refractivity contribution >= 4 is 57.5 Å². The van der Waals surface area contributed by atoms with Crippen LogP contribution in [0.2, 0.25) is 0 Å². The fourth-order valence-corrected chi connectivity index (χ4v) is 4.98. The number of thioether (sulfide) groups is 1. The summed E-state index contributed by atoms with van der Waals surface area (Å²) in [5.74, 6) is 0.407. The maximum absolute atomic E-state index is 12.9. The van der Waals surface area contributed by atoms with E-state index in [-0.39, 0.29) is 30.0 Å². The minimum absolute atomic E-state index is 0.145. The highest BCUT2D eigenvalue weighted by Gasteiger charge is 2.35. The Morgan fingerprint density at radius 2 is 1.78 bits per heavy atom. The lowest BCUT2D eigenvalue weighted by atomic mass is 10.1. The molecule has 0 aliphatic carbocycles. The molecule has 0 atom stereocenters. The van der Waals surface area contributed by atoms with E-state index in [1.54, 1.807) is 30.3 Å². The van der Waals surface area contributed by atoms with Crippen LogP contribution in [0.1, 0.15) is 21.5 Å². The summed E-state index contributed by atoms with van der Waals surface area (Å²) in [6.45, 7) is 2.28. The van der Waals surface area contributed by atoms with Crippen LogP contribution in [0.15, 0.2) is 71.6 Å². The van der Waals surface area contributed by atoms with Crippen LogP contribution in [0.3, 0.4) is 0 Å². The Hall–Kier alpha value is -3.31. The van der Waals surface area contributed by atoms with Gasteiger partial charge in [0.1, 0.15) is 12.4 Å². The SMILES string of the molecule is COc1cc(/C=C2\SC(=O)N(CCOc3ccccc3)C2=O)cc(I)c1OC(=O)c1ccc(C)cc1. The average molecular weight is 615 g/mol. The van der Waals surface area contributed by atoms with Crippen LogP contribution < -0.4 is 14.2 Å². The van der Waals surface area contributed by atoms with E-state index in [0.717, 1.165) is 17.3 Å². The third kappa shape index (κ3) is 6.08. The number of carbonyl (C=O) groups is 3. The van der Waals surface area contributed by atoms with Crippen LogP contribution in [0.4, 0.5) is 4.79 Å². The summed E-state index contributed by atoms with van der Waals surface area (Å²) >= 11 is 2.91. The summed E-state index contributed by atoms with van der Waals surface area (Å²) in [6, 6.07) is 19.7. The first-order chi connectivity index (χ1) is 17.4. The maximum atomic E-state index is 12.9. The first kappa shape index (κ1) is 25.8. The van der Waals surface area contributed by atoms with E-state index in [4.69, 9.17) is 14.2 Å². The van der Waals surface area contributed by atoms with Gasteiger partial charge in [0.15, 0.2) is 11.5 Å². The Kier molecular flexibility index (Phi) is 8.32. The fourth-order valence-electron chi connectivity index (χ4n) is 3.38. The predicted molar refractivity (Wildman–Crippen MR) is 146 cm³/mol. The van der Waals surface area contributed by atoms with E-state index in [9.17, 15) is 14.4 Å². The average Bonchev–Trinajstić information content (AvgIpc) is 3.13. The highest BCUT2D eigenvalue weighted by molar-refractivity contribution is 14.1. The summed E-state index contributed by atoms with van der Waals surface area (Å²) in [7, 11) is 1.47. The van der Waals surface area contributed by atoms with Gasteiger partial charge >= 0.3 is 5.97 Å². The van der Waals surface area contributed by atoms with Gasteiger partial charge in [-0.05, 0) is 89.3 Å². The summed E-state index contributed by atoms with van der Waals surface area (Å²) in [5.41, 5.74) is 2.10. The van der Waals surface area contributed by atoms with Gasteiger partial charge in [-0.1, -0.05) is 35.9 Å². The minimum atomic E-state index is -0.502. The van der Waals surface area contributed by atoms with Gasteiger partial charge in [0.25, 0.3) is 11.1 Å². The summed E-state index contributed by atoms with van der Waals surface area (Å²) in [5, 5.41) is -0.353. The Morgan fingerprint density at radius 1 is 1.06 bits per heavy atom. The molecule has 4 rings (SSSR count). The number of methoxy groups -OCH3 is 1. The van der Waals surface area contributed by atoms with Crippen molar-refractivity contribution in [3.8, 4) is 17.2 Å². The van der Waals surface area contributed by atoms with E-state index in [1.165, 1.54) is 12.0 Å². The Balaban J connectivity index is 1.47. The van der Waals surface area contributed by atoms with Crippen LogP contribution in [-0.2, 0) is 4.79 Å². The van der Waals surface area contributed by atoms with Crippen LogP contribution >= 0.6 is 34.4 Å². The number of hydrogen-bond acceptors (Lipinski definition) is 7. The van der Waals surface area contributed by atoms with Gasteiger partial charge in [0, 0.05) is 0 Å². The highest BCUT2D eigenvalue weighted by Crippen LogP contribution is 2.37. The van der Waals surface area contributed by atoms with Gasteiger partial charge in [0.2, 0.25) is 0 Å². The van der Waals surface area contributed by atoms with Crippen LogP contribution in [0, 0.1) is 10.5 Å². The predicted octanol–water partition coefficient (Wildman–Crippen LogP) is 5.94. The molecule has 0 bridgehead atoms. The van der Waals surface area contributed by atoms with Gasteiger partial charge in [-0.3, -0.25) is 14.5 Å². The molecule has 0 aromatic heterocycles. The van der Waals surface area contributed by atoms with Crippen LogP contribution in [0.25, 0.3) is 6.08 Å². The van der Waals surface area contributed by atoms with E-state index >= 15 is 0 Å². The smallest absolute Gasteiger partial charge is 0.343 e. The van der Waals surface area contributed by atoms with Gasteiger partial charge < -0.3 is 14.2 Å². The molecular formula is C27H22INO6S. The van der Waals surface area contributed by atoms with Crippen molar-refractivity contribution in [1.82, 2.24) is 4.90 Å². The molecule has 3 aromatic rings. The zero-order valence-electron chi connectivity index (χ0n) is 19.5. The lowest BCUT2D eigenvalue weighted by Gasteiger charge is -2.13. The number of aryl methyl sites for hydroxylation is 1. The van der Waals surface area contributed by atoms with Crippen molar-refractivity contribution in [2.75, 3.05) is 20.3 Å². The second-order valence-corrected chi connectivity index (χ2v) is 9.94. The fraction of sp³-hybridized carbons (Fsp3) is 0.148. The largest absolute Gasteiger partial charge is 0.493 e. The van der Waals surface area contributed by atoms with Gasteiger partial charge in [-0.25, -0.2) is 4.79 Å². The number of amides is 2. The van der Waals surface area contributed by atoms with E-state index in [1.807, 2.05) is 72.0 Å². The quantitative estimate of drug-likeness (QED) is 0.134. The Labute approximate surface area is 226 Å². The van der Waals surface area contributed by atoms with Crippen molar-refractivity contribution in [1.29, 1.82) is 0 Å². The number of ether oxygens (including phenoxy) is 3. The Morgan fingerprint density at radius 3 is 2.47 bits per heavy atom. The van der Waals surface area contributed by atoms with Crippen molar-refractivity contribution in [3.63, 3.8) is 0 Å². The Bertz CT molecular complexity index is 1320. The molecule has 36 heavy (non-hydrogen) atoms. The first-order valence-electron chi connectivity index (χ1n) is 11.0. The van der Waals surface area contributed by atoms with Gasteiger partial charge in [0.05, 0.1) is 27.7 Å². The molecular weight excluding hydrogens is 593 g/mol. The molecule has 1 aliphatic rings. The van der Waals surface area contributed by atoms with Crippen molar-refractivity contribution in [3.05, 3.63) is 91.9 Å². The van der Waals surface area contributed by atoms with E-state index in [0.29, 0.717) is 31.1 Å². The third-order valence-corrected chi connectivity index (χ3v) is 6.94. The molecule has 0 radical (unpaired) electrons. The number of esters is 1. The maximum Gasteiger partial charge on any atom is 0.343 e. The number of hydrogen-bond donors (Lipinski definition) is 0. The standard InChI is InChI=1S/C27H22INO6S/c1-17-8-10-19(11-9-17)26(31)35-24-21(28)14-18(15-22(24)33-2)16-23-25(30)29(27(32)36-23)12-13-34-20-6-4-3-5-7-20/h3-11,14-16H,12-13H2,1-2H3/b23-16-. The molecule has 9 heteroatoms. The van der Waals surface area contributed by atoms with Crippen molar-refractivity contribution < 1.29 is 28.6 Å². The van der Waals surface area contributed by atoms with Crippen LogP contribution in [0.5, 0.6) is 17.2 Å². The molecule has 1 saturated heterocycles. The highest BCUT2D eigenvalue weighted by atomic mass is 127. The first-order valence-corrected chi connectivity index (χ1v) is 12.8. The van der Waals surface area contributed by atoms with Gasteiger partial charge in [-0.2, -0.15) is 0 Å². The molecule has 7 nitrogen and oxygen atoms in total. The number of para-hydroxylation sites is 1. The van der Waals surface area contributed by atoms with Gasteiger partial charge in [-0.15, -0.1) is 0 Å². The molecule has 0 saturated carbocycles. The lowest BCUT2D eigenvalue weighted by molar-refractivity contribution is -0.123. The number of rotatable bonds is 8. The molecule has 0 spiro atoms. The number of nitrogens with zero attached hydrogens (tertiary/aromatic N) is 1. The number of carbonyl (C=O) groups excluding carboxylic acids is 3. The number of halogens is 1. The normalized spacial score (nSPS) is 14.3. The molecule has 184 valence electrons. The molecule has 3 aromatic carbocycles. The second-order valence-electron chi connectivity index (χ2n) is 7.78. The second kappa shape index (κ2) is 11.6. The monoisotopic (exact) mass is 615 g/mol.